The molecule has 0 saturated carbocycles. The average Bonchev–Trinajstić information content (AvgIpc) is 2.32. The molecule has 0 aromatic heterocycles. The van der Waals surface area contributed by atoms with Crippen molar-refractivity contribution in [2.75, 3.05) is 7.11 Å². The van der Waals surface area contributed by atoms with E-state index in [0.717, 1.165) is 31.4 Å². The van der Waals surface area contributed by atoms with E-state index in [1.807, 2.05) is 0 Å². The van der Waals surface area contributed by atoms with Gasteiger partial charge in [0.1, 0.15) is 0 Å². The molecule has 1 aromatic rings. The first-order chi connectivity index (χ1) is 9.73. The van der Waals surface area contributed by atoms with Crippen LogP contribution in [0.5, 0.6) is 0 Å². The van der Waals surface area contributed by atoms with Gasteiger partial charge in [0.15, 0.2) is 8.32 Å². The highest BCUT2D eigenvalue weighted by molar-refractivity contribution is 6.69. The Morgan fingerprint density at radius 3 is 1.55 bits per heavy atom. The molecule has 8 heteroatoms. The number of ether oxygens (including phenoxy) is 1. The fourth-order valence-electron chi connectivity index (χ4n) is 1.97. The van der Waals surface area contributed by atoms with E-state index in [1.165, 1.54) is 0 Å². The largest absolute Gasteiger partial charge is 0.447 e. The van der Waals surface area contributed by atoms with Gasteiger partial charge in [-0.3, -0.25) is 0 Å². The van der Waals surface area contributed by atoms with Gasteiger partial charge in [-0.25, -0.2) is 8.78 Å². The van der Waals surface area contributed by atoms with Crippen LogP contribution < -0.4 is 0 Å². The summed E-state index contributed by atoms with van der Waals surface area (Å²) in [7, 11) is -1.76. The lowest BCUT2D eigenvalue weighted by molar-refractivity contribution is -0.358. The molecule has 0 radical (unpaired) electrons. The Morgan fingerprint density at radius 1 is 0.864 bits per heavy atom. The van der Waals surface area contributed by atoms with Gasteiger partial charge in [0.2, 0.25) is 0 Å². The molecule has 0 heterocycles. The molecule has 0 fully saturated rings. The molecular weight excluding hydrogens is 323 g/mol. The highest BCUT2D eigenvalue weighted by atomic mass is 28.4. The number of methoxy groups -OCH3 is 1. The molecule has 0 N–H and O–H groups in total. The Labute approximate surface area is 127 Å². The molecule has 0 spiro atoms. The van der Waals surface area contributed by atoms with Gasteiger partial charge in [0, 0.05) is 25.2 Å². The van der Waals surface area contributed by atoms with Gasteiger partial charge in [-0.05, 0) is 19.6 Å². The molecule has 22 heavy (non-hydrogen) atoms. The van der Waals surface area contributed by atoms with Crippen molar-refractivity contribution in [2.24, 2.45) is 0 Å². The van der Waals surface area contributed by atoms with Gasteiger partial charge in [-0.15, -0.1) is 0 Å². The summed E-state index contributed by atoms with van der Waals surface area (Å²) >= 11 is 0. The Morgan fingerprint density at radius 2 is 1.27 bits per heavy atom. The zero-order valence-electron chi connectivity index (χ0n) is 13.0. The van der Waals surface area contributed by atoms with Gasteiger partial charge >= 0.3 is 6.18 Å². The highest BCUT2D eigenvalue weighted by Gasteiger charge is 2.60. The number of benzene rings is 1. The maximum absolute atomic E-state index is 13.6. The zero-order valence-corrected chi connectivity index (χ0v) is 14.0. The van der Waals surface area contributed by atoms with Crippen LogP contribution in [0.4, 0.5) is 22.0 Å². The molecule has 0 amide bonds. The summed E-state index contributed by atoms with van der Waals surface area (Å²) in [5, 5.41) is 0. The molecule has 0 bridgehead atoms. The van der Waals surface area contributed by atoms with Gasteiger partial charge in [-0.2, -0.15) is 13.2 Å². The maximum Gasteiger partial charge on any atom is 0.447 e. The SMILES string of the molecule is COC(O[Si](C)(C)C)(c1ccc(C(C)(F)F)cc1)C(F)(F)F. The number of alkyl halides is 5. The first kappa shape index (κ1) is 19.1. The van der Waals surface area contributed by atoms with Crippen LogP contribution in [0.1, 0.15) is 18.1 Å². The van der Waals surface area contributed by atoms with Crippen molar-refractivity contribution in [2.45, 2.75) is 44.5 Å². The van der Waals surface area contributed by atoms with Crippen LogP contribution in [0, 0.1) is 0 Å². The Kier molecular flexibility index (Phi) is 5.11. The van der Waals surface area contributed by atoms with Crippen molar-refractivity contribution in [1.82, 2.24) is 0 Å². The van der Waals surface area contributed by atoms with Crippen LogP contribution in [0.15, 0.2) is 24.3 Å². The highest BCUT2D eigenvalue weighted by Crippen LogP contribution is 2.45. The van der Waals surface area contributed by atoms with E-state index in [2.05, 4.69) is 4.74 Å². The standard InChI is InChI=1S/C14H19F5O2Si/c1-12(15,16)10-6-8-11(9-7-10)13(20-2,14(17,18)19)21-22(3,4)5/h6-9H,1-5H3. The zero-order chi connectivity index (χ0) is 17.4. The number of hydrogen-bond acceptors (Lipinski definition) is 2. The lowest BCUT2D eigenvalue weighted by Crippen LogP contribution is -2.52. The second-order valence-corrected chi connectivity index (χ2v) is 10.4. The molecule has 0 saturated heterocycles. The van der Waals surface area contributed by atoms with E-state index in [1.54, 1.807) is 19.6 Å². The molecule has 1 unspecified atom stereocenters. The van der Waals surface area contributed by atoms with E-state index in [-0.39, 0.29) is 11.1 Å². The van der Waals surface area contributed by atoms with Crippen molar-refractivity contribution in [3.8, 4) is 0 Å². The van der Waals surface area contributed by atoms with E-state index in [9.17, 15) is 22.0 Å². The molecule has 1 atom stereocenters. The summed E-state index contributed by atoms with van der Waals surface area (Å²) in [6.07, 6.45) is -4.85. The van der Waals surface area contributed by atoms with Crippen LogP contribution >= 0.6 is 0 Å². The van der Waals surface area contributed by atoms with Crippen LogP contribution in [0.2, 0.25) is 19.6 Å². The van der Waals surface area contributed by atoms with Crippen LogP contribution in [0.25, 0.3) is 0 Å². The predicted molar refractivity (Wildman–Crippen MR) is 75.2 cm³/mol. The smallest absolute Gasteiger partial charge is 0.380 e. The summed E-state index contributed by atoms with van der Waals surface area (Å²) in [4.78, 5) is 0. The fraction of sp³-hybridized carbons (Fsp3) is 0.571. The van der Waals surface area contributed by atoms with E-state index in [0.29, 0.717) is 6.92 Å². The lowest BCUT2D eigenvalue weighted by atomic mass is 10.0. The predicted octanol–water partition coefficient (Wildman–Crippen LogP) is 5.01. The van der Waals surface area contributed by atoms with Crippen molar-refractivity contribution in [1.29, 1.82) is 0 Å². The minimum absolute atomic E-state index is 0.363. The summed E-state index contributed by atoms with van der Waals surface area (Å²) < 4.78 is 77.0. The van der Waals surface area contributed by atoms with Crippen molar-refractivity contribution in [3.05, 3.63) is 35.4 Å². The third-order valence-electron chi connectivity index (χ3n) is 2.88. The van der Waals surface area contributed by atoms with E-state index < -0.39 is 26.2 Å². The third kappa shape index (κ3) is 4.05. The molecule has 0 aliphatic heterocycles. The first-order valence-electron chi connectivity index (χ1n) is 6.54. The topological polar surface area (TPSA) is 18.5 Å². The van der Waals surface area contributed by atoms with Crippen LogP contribution in [-0.4, -0.2) is 21.6 Å². The number of hydrogen-bond donors (Lipinski definition) is 0. The van der Waals surface area contributed by atoms with Crippen molar-refractivity contribution >= 4 is 8.32 Å². The van der Waals surface area contributed by atoms with E-state index in [4.69, 9.17) is 4.43 Å². The lowest BCUT2D eigenvalue weighted by Gasteiger charge is -2.39. The minimum atomic E-state index is -4.85. The van der Waals surface area contributed by atoms with Gasteiger partial charge in [0.25, 0.3) is 11.7 Å². The van der Waals surface area contributed by atoms with E-state index >= 15 is 0 Å². The molecular formula is C14H19F5O2Si. The summed E-state index contributed by atoms with van der Waals surface area (Å²) in [6, 6.07) is 3.82. The normalized spacial score (nSPS) is 16.5. The monoisotopic (exact) mass is 342 g/mol. The summed E-state index contributed by atoms with van der Waals surface area (Å²) in [5.74, 6) is -6.09. The summed E-state index contributed by atoms with van der Waals surface area (Å²) in [6.45, 7) is 5.43. The van der Waals surface area contributed by atoms with Gasteiger partial charge < -0.3 is 9.16 Å². The molecule has 2 nitrogen and oxygen atoms in total. The van der Waals surface area contributed by atoms with Gasteiger partial charge in [0.05, 0.1) is 0 Å². The quantitative estimate of drug-likeness (QED) is 0.425. The van der Waals surface area contributed by atoms with Crippen LogP contribution in [-0.2, 0) is 20.9 Å². The summed E-state index contributed by atoms with van der Waals surface area (Å²) in [5.41, 5.74) is -0.741. The number of rotatable bonds is 5. The molecule has 126 valence electrons. The Balaban J connectivity index is 3.40. The Hall–Kier alpha value is -0.993. The van der Waals surface area contributed by atoms with Gasteiger partial charge in [-0.1, -0.05) is 24.3 Å². The maximum atomic E-state index is 13.6. The Bertz CT molecular complexity index is 502. The van der Waals surface area contributed by atoms with Crippen LogP contribution in [0.3, 0.4) is 0 Å². The number of halogens is 5. The van der Waals surface area contributed by atoms with Crippen molar-refractivity contribution in [3.63, 3.8) is 0 Å². The molecule has 1 aromatic carbocycles. The molecule has 0 aliphatic carbocycles. The van der Waals surface area contributed by atoms with Crippen molar-refractivity contribution < 1.29 is 31.1 Å². The molecule has 1 rings (SSSR count). The average molecular weight is 342 g/mol. The fourth-order valence-corrected chi connectivity index (χ4v) is 3.15. The molecule has 0 aliphatic rings. The third-order valence-corrected chi connectivity index (χ3v) is 3.78. The minimum Gasteiger partial charge on any atom is -0.380 e. The first-order valence-corrected chi connectivity index (χ1v) is 9.95. The second kappa shape index (κ2) is 5.90. The second-order valence-electron chi connectivity index (χ2n) is 6.00.